The lowest BCUT2D eigenvalue weighted by Gasteiger charge is -2.20. The number of ether oxygens (including phenoxy) is 6. The summed E-state index contributed by atoms with van der Waals surface area (Å²) in [5, 5.41) is 1.83. The summed E-state index contributed by atoms with van der Waals surface area (Å²) in [4.78, 5) is 0. The smallest absolute Gasteiger partial charge is 0.227 e. The predicted molar refractivity (Wildman–Crippen MR) is 157 cm³/mol. The lowest BCUT2D eigenvalue weighted by Crippen LogP contribution is -2.33. The second-order valence-corrected chi connectivity index (χ2v) is 9.50. The van der Waals surface area contributed by atoms with Gasteiger partial charge in [-0.2, -0.15) is 4.57 Å². The van der Waals surface area contributed by atoms with Crippen molar-refractivity contribution in [3.63, 3.8) is 0 Å². The first-order chi connectivity index (χ1) is 19.4. The van der Waals surface area contributed by atoms with Crippen LogP contribution in [0.15, 0.2) is 60.7 Å². The van der Waals surface area contributed by atoms with E-state index in [0.29, 0.717) is 34.5 Å². The molecule has 5 rings (SSSR count). The standard InChI is InChI=1S/C33H34NO6/c1-19-10-9-11-20(2)30(19)33-31-26(15-24(37-5)17-28(31)39-7)34(21-12-22(35-3)14-23(13-21)36-4)27-16-25(38-6)18-29(40-8)32(27)33/h9-18H,1-8H3/q+1. The predicted octanol–water partition coefficient (Wildman–Crippen LogP) is 6.61. The van der Waals surface area contributed by atoms with Gasteiger partial charge in [-0.05, 0) is 30.5 Å². The quantitative estimate of drug-likeness (QED) is 0.163. The molecule has 0 unspecified atom stereocenters. The van der Waals surface area contributed by atoms with E-state index in [1.54, 1.807) is 42.7 Å². The number of hydrogen-bond donors (Lipinski definition) is 0. The summed E-state index contributed by atoms with van der Waals surface area (Å²) in [5.41, 5.74) is 6.95. The van der Waals surface area contributed by atoms with Crippen molar-refractivity contribution >= 4 is 21.8 Å². The van der Waals surface area contributed by atoms with Crippen LogP contribution in [-0.4, -0.2) is 42.7 Å². The van der Waals surface area contributed by atoms with E-state index >= 15 is 0 Å². The molecule has 0 spiro atoms. The molecule has 206 valence electrons. The van der Waals surface area contributed by atoms with Crippen LogP contribution in [0.4, 0.5) is 0 Å². The molecule has 1 aromatic heterocycles. The second kappa shape index (κ2) is 10.8. The minimum atomic E-state index is 0.659. The fraction of sp³-hybridized carbons (Fsp3) is 0.242. The molecule has 0 saturated heterocycles. The molecule has 0 radical (unpaired) electrons. The first-order valence-corrected chi connectivity index (χ1v) is 12.9. The maximum atomic E-state index is 6.05. The Hall–Kier alpha value is -4.65. The summed E-state index contributed by atoms with van der Waals surface area (Å²) in [6.07, 6.45) is 0. The van der Waals surface area contributed by atoms with E-state index in [9.17, 15) is 0 Å². The van der Waals surface area contributed by atoms with Crippen molar-refractivity contribution in [1.29, 1.82) is 0 Å². The van der Waals surface area contributed by atoms with Gasteiger partial charge in [0, 0.05) is 23.8 Å². The van der Waals surface area contributed by atoms with Crippen molar-refractivity contribution in [2.45, 2.75) is 13.8 Å². The van der Waals surface area contributed by atoms with E-state index in [1.165, 1.54) is 0 Å². The molecule has 7 heteroatoms. The number of hydrogen-bond acceptors (Lipinski definition) is 6. The number of aryl methyl sites for hydroxylation is 2. The summed E-state index contributed by atoms with van der Waals surface area (Å²) in [5.74, 6) is 3.99. The molecule has 0 aliphatic heterocycles. The third-order valence-corrected chi connectivity index (χ3v) is 7.33. The minimum absolute atomic E-state index is 0.659. The van der Waals surface area contributed by atoms with Crippen molar-refractivity contribution in [2.75, 3.05) is 42.7 Å². The number of nitrogens with zero attached hydrogens (tertiary/aromatic N) is 1. The highest BCUT2D eigenvalue weighted by Gasteiger charge is 2.31. The lowest BCUT2D eigenvalue weighted by molar-refractivity contribution is -0.538. The second-order valence-electron chi connectivity index (χ2n) is 9.50. The molecule has 0 aliphatic rings. The number of rotatable bonds is 8. The van der Waals surface area contributed by atoms with E-state index in [-0.39, 0.29) is 0 Å². The normalized spacial score (nSPS) is 11.0. The Morgan fingerprint density at radius 3 is 1.30 bits per heavy atom. The van der Waals surface area contributed by atoms with E-state index in [1.807, 2.05) is 42.5 Å². The zero-order valence-electron chi connectivity index (χ0n) is 24.2. The van der Waals surface area contributed by atoms with Crippen LogP contribution in [0.25, 0.3) is 38.6 Å². The average molecular weight is 541 g/mol. The zero-order chi connectivity index (χ0) is 28.6. The maximum Gasteiger partial charge on any atom is 0.227 e. The molecule has 0 bridgehead atoms. The van der Waals surface area contributed by atoms with Gasteiger partial charge in [0.2, 0.25) is 16.7 Å². The van der Waals surface area contributed by atoms with Gasteiger partial charge in [0.25, 0.3) is 0 Å². The van der Waals surface area contributed by atoms with Crippen molar-refractivity contribution in [1.82, 2.24) is 0 Å². The SMILES string of the molecule is COc1cc(OC)cc(-[n+]2c3cc(OC)cc(OC)c3c(-c3c(C)cccc3C)c3c(OC)cc(OC)cc32)c1. The van der Waals surface area contributed by atoms with Gasteiger partial charge < -0.3 is 28.4 Å². The number of fused-ring (bicyclic) bond motifs is 2. The largest absolute Gasteiger partial charge is 0.496 e. The van der Waals surface area contributed by atoms with Gasteiger partial charge in [0.05, 0.1) is 77.7 Å². The van der Waals surface area contributed by atoms with Crippen LogP contribution >= 0.6 is 0 Å². The topological polar surface area (TPSA) is 59.3 Å². The highest BCUT2D eigenvalue weighted by atomic mass is 16.5. The van der Waals surface area contributed by atoms with Gasteiger partial charge in [-0.25, -0.2) is 0 Å². The first kappa shape index (κ1) is 26.9. The number of benzene rings is 4. The Balaban J connectivity index is 2.16. The van der Waals surface area contributed by atoms with Crippen LogP contribution in [0.3, 0.4) is 0 Å². The van der Waals surface area contributed by atoms with Crippen LogP contribution < -0.4 is 33.0 Å². The van der Waals surface area contributed by atoms with Crippen LogP contribution in [0.1, 0.15) is 11.1 Å². The molecule has 0 atom stereocenters. The van der Waals surface area contributed by atoms with Crippen LogP contribution in [0.2, 0.25) is 0 Å². The first-order valence-electron chi connectivity index (χ1n) is 12.9. The van der Waals surface area contributed by atoms with Crippen LogP contribution in [-0.2, 0) is 0 Å². The fourth-order valence-electron chi connectivity index (χ4n) is 5.48. The summed E-state index contributed by atoms with van der Waals surface area (Å²) in [6, 6.07) is 20.0. The lowest BCUT2D eigenvalue weighted by atomic mass is 9.89. The number of methoxy groups -OCH3 is 6. The molecule has 0 saturated carbocycles. The molecule has 0 aliphatic carbocycles. The van der Waals surface area contributed by atoms with Crippen molar-refractivity contribution in [3.8, 4) is 51.3 Å². The summed E-state index contributed by atoms with van der Waals surface area (Å²) >= 11 is 0. The molecule has 7 nitrogen and oxygen atoms in total. The molecule has 1 heterocycles. The highest BCUT2D eigenvalue weighted by molar-refractivity contribution is 6.13. The summed E-state index contributed by atoms with van der Waals surface area (Å²) in [7, 11) is 9.94. The Morgan fingerprint density at radius 2 is 0.900 bits per heavy atom. The Labute approximate surface area is 234 Å². The van der Waals surface area contributed by atoms with Gasteiger partial charge in [-0.15, -0.1) is 0 Å². The van der Waals surface area contributed by atoms with Crippen molar-refractivity contribution in [3.05, 3.63) is 71.8 Å². The van der Waals surface area contributed by atoms with Gasteiger partial charge in [0.1, 0.15) is 34.5 Å². The molecular weight excluding hydrogens is 506 g/mol. The Kier molecular flexibility index (Phi) is 7.30. The highest BCUT2D eigenvalue weighted by Crippen LogP contribution is 2.47. The molecular formula is C33H34NO6+. The number of aromatic nitrogens is 1. The fourth-order valence-corrected chi connectivity index (χ4v) is 5.48. The Morgan fingerprint density at radius 1 is 0.475 bits per heavy atom. The van der Waals surface area contributed by atoms with Gasteiger partial charge in [-0.3, -0.25) is 0 Å². The molecule has 5 aromatic rings. The van der Waals surface area contributed by atoms with Crippen molar-refractivity contribution in [2.24, 2.45) is 0 Å². The maximum absolute atomic E-state index is 6.05. The molecule has 0 N–H and O–H groups in total. The van der Waals surface area contributed by atoms with E-state index in [2.05, 4.69) is 36.6 Å². The third kappa shape index (κ3) is 4.37. The molecule has 0 amide bonds. The number of pyridine rings is 1. The van der Waals surface area contributed by atoms with Gasteiger partial charge >= 0.3 is 0 Å². The van der Waals surface area contributed by atoms with E-state index < -0.39 is 0 Å². The van der Waals surface area contributed by atoms with Gasteiger partial charge in [0.15, 0.2) is 0 Å². The third-order valence-electron chi connectivity index (χ3n) is 7.33. The van der Waals surface area contributed by atoms with E-state index in [4.69, 9.17) is 28.4 Å². The summed E-state index contributed by atoms with van der Waals surface area (Å²) in [6.45, 7) is 4.25. The van der Waals surface area contributed by atoms with E-state index in [0.717, 1.165) is 49.7 Å². The molecule has 4 aromatic carbocycles. The van der Waals surface area contributed by atoms with Crippen molar-refractivity contribution < 1.29 is 33.0 Å². The molecule has 40 heavy (non-hydrogen) atoms. The minimum Gasteiger partial charge on any atom is -0.496 e. The average Bonchev–Trinajstić information content (AvgIpc) is 2.98. The zero-order valence-corrected chi connectivity index (χ0v) is 24.2. The summed E-state index contributed by atoms with van der Waals surface area (Å²) < 4.78 is 37.1. The van der Waals surface area contributed by atoms with Crippen LogP contribution in [0.5, 0.6) is 34.5 Å². The monoisotopic (exact) mass is 540 g/mol. The molecule has 0 fully saturated rings. The van der Waals surface area contributed by atoms with Gasteiger partial charge in [-0.1, -0.05) is 18.2 Å². The van der Waals surface area contributed by atoms with Crippen LogP contribution in [0, 0.1) is 13.8 Å². The Bertz CT molecular complexity index is 1630.